The fourth-order valence-corrected chi connectivity index (χ4v) is 4.87. The molecule has 0 saturated heterocycles. The SMILES string of the molecule is Cc1ccc([C@H]2CC(=O)C3=C(C2)Nc2ccccc2N[C@@H]3c2cc(C)ccc2C)cc1. The second-order valence-electron chi connectivity index (χ2n) is 8.94. The maximum Gasteiger partial charge on any atom is 0.163 e. The number of ketones is 1. The van der Waals surface area contributed by atoms with Crippen LogP contribution in [0.5, 0.6) is 0 Å². The Bertz CT molecular complexity index is 1190. The first-order valence-corrected chi connectivity index (χ1v) is 11.0. The van der Waals surface area contributed by atoms with E-state index in [1.165, 1.54) is 27.8 Å². The summed E-state index contributed by atoms with van der Waals surface area (Å²) < 4.78 is 0. The second-order valence-corrected chi connectivity index (χ2v) is 8.94. The molecule has 0 spiro atoms. The highest BCUT2D eigenvalue weighted by molar-refractivity contribution is 6.01. The number of aryl methyl sites for hydroxylation is 3. The molecule has 3 heteroatoms. The standard InChI is InChI=1S/C28H28N2O/c1-17-9-12-20(13-10-17)21-15-25-27(26(31)16-21)28(22-14-18(2)8-11-19(22)3)30-24-7-5-4-6-23(24)29-25/h4-14,21,28-30H,15-16H2,1-3H3/t21-,28-/m1/s1. The van der Waals surface area contributed by atoms with Gasteiger partial charge in [-0.1, -0.05) is 65.7 Å². The van der Waals surface area contributed by atoms with Crippen LogP contribution in [0.4, 0.5) is 11.4 Å². The van der Waals surface area contributed by atoms with Gasteiger partial charge >= 0.3 is 0 Å². The minimum absolute atomic E-state index is 0.155. The smallest absolute Gasteiger partial charge is 0.163 e. The van der Waals surface area contributed by atoms with Gasteiger partial charge in [-0.05, 0) is 61.9 Å². The lowest BCUT2D eigenvalue weighted by Gasteiger charge is -2.30. The van der Waals surface area contributed by atoms with Crippen LogP contribution < -0.4 is 10.6 Å². The van der Waals surface area contributed by atoms with Crippen molar-refractivity contribution in [2.45, 2.75) is 45.6 Å². The first-order valence-electron chi connectivity index (χ1n) is 11.0. The highest BCUT2D eigenvalue weighted by atomic mass is 16.1. The van der Waals surface area contributed by atoms with Crippen molar-refractivity contribution in [2.75, 3.05) is 10.6 Å². The summed E-state index contributed by atoms with van der Waals surface area (Å²) in [6, 6.07) is 23.2. The van der Waals surface area contributed by atoms with Gasteiger partial charge in [0.1, 0.15) is 0 Å². The Balaban J connectivity index is 1.63. The van der Waals surface area contributed by atoms with Gasteiger partial charge in [0.25, 0.3) is 0 Å². The zero-order valence-electron chi connectivity index (χ0n) is 18.3. The molecule has 3 aromatic rings. The van der Waals surface area contributed by atoms with Gasteiger partial charge in [0.05, 0.1) is 17.4 Å². The van der Waals surface area contributed by atoms with Crippen molar-refractivity contribution in [2.24, 2.45) is 0 Å². The summed E-state index contributed by atoms with van der Waals surface area (Å²) in [6.45, 7) is 6.33. The van der Waals surface area contributed by atoms with Crippen molar-refractivity contribution in [3.8, 4) is 0 Å². The van der Waals surface area contributed by atoms with Crippen molar-refractivity contribution in [1.82, 2.24) is 0 Å². The maximum absolute atomic E-state index is 13.6. The van der Waals surface area contributed by atoms with E-state index >= 15 is 0 Å². The number of nitrogens with one attached hydrogen (secondary N) is 2. The highest BCUT2D eigenvalue weighted by Gasteiger charge is 2.36. The number of hydrogen-bond acceptors (Lipinski definition) is 3. The predicted molar refractivity (Wildman–Crippen MR) is 128 cm³/mol. The quantitative estimate of drug-likeness (QED) is 0.502. The molecular formula is C28H28N2O. The number of carbonyl (C=O) groups excluding carboxylic acids is 1. The Morgan fingerprint density at radius 2 is 1.52 bits per heavy atom. The minimum Gasteiger partial charge on any atom is -0.372 e. The number of anilines is 2. The topological polar surface area (TPSA) is 41.1 Å². The average molecular weight is 409 g/mol. The van der Waals surface area contributed by atoms with E-state index in [9.17, 15) is 4.79 Å². The van der Waals surface area contributed by atoms with Gasteiger partial charge in [0.2, 0.25) is 0 Å². The van der Waals surface area contributed by atoms with Gasteiger partial charge in [0, 0.05) is 17.7 Å². The van der Waals surface area contributed by atoms with Crippen LogP contribution in [0.1, 0.15) is 52.6 Å². The number of carbonyl (C=O) groups is 1. The van der Waals surface area contributed by atoms with Crippen molar-refractivity contribution in [3.05, 3.63) is 106 Å². The summed E-state index contributed by atoms with van der Waals surface area (Å²) in [5.41, 5.74) is 10.0. The van der Waals surface area contributed by atoms with E-state index in [-0.39, 0.29) is 17.7 Å². The molecule has 2 aliphatic rings. The summed E-state index contributed by atoms with van der Waals surface area (Å²) in [5, 5.41) is 7.33. The molecule has 5 rings (SSSR count). The molecule has 1 aliphatic carbocycles. The van der Waals surface area contributed by atoms with Gasteiger partial charge in [-0.25, -0.2) is 0 Å². The number of fused-ring (bicyclic) bond motifs is 1. The molecule has 0 radical (unpaired) electrons. The zero-order chi connectivity index (χ0) is 21.5. The molecule has 3 aromatic carbocycles. The molecule has 0 amide bonds. The van der Waals surface area contributed by atoms with Crippen LogP contribution in [0.25, 0.3) is 0 Å². The molecule has 2 atom stereocenters. The number of hydrogen-bond donors (Lipinski definition) is 2. The van der Waals surface area contributed by atoms with E-state index in [0.29, 0.717) is 6.42 Å². The molecule has 2 N–H and O–H groups in total. The normalized spacial score (nSPS) is 20.3. The second kappa shape index (κ2) is 7.73. The highest BCUT2D eigenvalue weighted by Crippen LogP contribution is 2.44. The van der Waals surface area contributed by atoms with Gasteiger partial charge < -0.3 is 10.6 Å². The molecule has 31 heavy (non-hydrogen) atoms. The van der Waals surface area contributed by atoms with Crippen LogP contribution in [0.15, 0.2) is 78.0 Å². The fourth-order valence-electron chi connectivity index (χ4n) is 4.87. The average Bonchev–Trinajstić information content (AvgIpc) is 2.92. The van der Waals surface area contributed by atoms with Crippen LogP contribution in [-0.4, -0.2) is 5.78 Å². The van der Waals surface area contributed by atoms with Crippen molar-refractivity contribution in [1.29, 1.82) is 0 Å². The lowest BCUT2D eigenvalue weighted by molar-refractivity contribution is -0.116. The van der Waals surface area contributed by atoms with Gasteiger partial charge in [0.15, 0.2) is 5.78 Å². The van der Waals surface area contributed by atoms with E-state index in [0.717, 1.165) is 29.1 Å². The predicted octanol–water partition coefficient (Wildman–Crippen LogP) is 6.59. The van der Waals surface area contributed by atoms with Crippen LogP contribution >= 0.6 is 0 Å². The van der Waals surface area contributed by atoms with E-state index < -0.39 is 0 Å². The number of benzene rings is 3. The first-order chi connectivity index (χ1) is 15.0. The molecule has 0 unspecified atom stereocenters. The Morgan fingerprint density at radius 3 is 2.29 bits per heavy atom. The Labute approximate surface area is 184 Å². The largest absolute Gasteiger partial charge is 0.372 e. The molecule has 0 bridgehead atoms. The van der Waals surface area contributed by atoms with Gasteiger partial charge in [-0.15, -0.1) is 0 Å². The number of rotatable bonds is 2. The number of allylic oxidation sites excluding steroid dienone is 1. The van der Waals surface area contributed by atoms with Crippen LogP contribution in [-0.2, 0) is 4.79 Å². The van der Waals surface area contributed by atoms with Crippen molar-refractivity contribution < 1.29 is 4.79 Å². The van der Waals surface area contributed by atoms with Crippen molar-refractivity contribution in [3.63, 3.8) is 0 Å². The molecule has 0 fully saturated rings. The molecule has 1 heterocycles. The minimum atomic E-state index is -0.155. The van der Waals surface area contributed by atoms with Crippen LogP contribution in [0.2, 0.25) is 0 Å². The van der Waals surface area contributed by atoms with Gasteiger partial charge in [-0.3, -0.25) is 4.79 Å². The number of Topliss-reactive ketones (excluding diaryl/α,β-unsaturated/α-hetero) is 1. The fraction of sp³-hybridized carbons (Fsp3) is 0.250. The molecule has 0 aromatic heterocycles. The summed E-state index contributed by atoms with van der Waals surface area (Å²) in [5.74, 6) is 0.425. The molecule has 1 aliphatic heterocycles. The van der Waals surface area contributed by atoms with E-state index in [4.69, 9.17) is 0 Å². The zero-order valence-corrected chi connectivity index (χ0v) is 18.3. The first kappa shape index (κ1) is 19.6. The Morgan fingerprint density at radius 1 is 0.806 bits per heavy atom. The van der Waals surface area contributed by atoms with Crippen LogP contribution in [0.3, 0.4) is 0 Å². The Hall–Kier alpha value is -3.33. The number of para-hydroxylation sites is 2. The van der Waals surface area contributed by atoms with Crippen molar-refractivity contribution >= 4 is 17.2 Å². The summed E-state index contributed by atoms with van der Waals surface area (Å²) in [7, 11) is 0. The van der Waals surface area contributed by atoms with Crippen LogP contribution in [0, 0.1) is 20.8 Å². The third kappa shape index (κ3) is 3.65. The van der Waals surface area contributed by atoms with E-state index in [1.54, 1.807) is 0 Å². The molecule has 156 valence electrons. The molecule has 3 nitrogen and oxygen atoms in total. The monoisotopic (exact) mass is 408 g/mol. The van der Waals surface area contributed by atoms with Gasteiger partial charge in [-0.2, -0.15) is 0 Å². The molecular weight excluding hydrogens is 380 g/mol. The lowest BCUT2D eigenvalue weighted by atomic mass is 9.78. The molecule has 0 saturated carbocycles. The third-order valence-corrected chi connectivity index (χ3v) is 6.60. The van der Waals surface area contributed by atoms with E-state index in [2.05, 4.69) is 86.0 Å². The summed E-state index contributed by atoms with van der Waals surface area (Å²) in [6.07, 6.45) is 1.38. The summed E-state index contributed by atoms with van der Waals surface area (Å²) in [4.78, 5) is 13.6. The lowest BCUT2D eigenvalue weighted by Crippen LogP contribution is -2.27. The maximum atomic E-state index is 13.6. The third-order valence-electron chi connectivity index (χ3n) is 6.60. The summed E-state index contributed by atoms with van der Waals surface area (Å²) >= 11 is 0. The van der Waals surface area contributed by atoms with E-state index in [1.807, 2.05) is 12.1 Å². The Kier molecular flexibility index (Phi) is 4.90.